The van der Waals surface area contributed by atoms with Crippen LogP contribution < -0.4 is 0 Å². The molecule has 2 aliphatic rings. The molecule has 2 aliphatic heterocycles. The molecule has 4 nitrogen and oxygen atoms in total. The van der Waals surface area contributed by atoms with Crippen molar-refractivity contribution in [2.75, 3.05) is 26.4 Å². The van der Waals surface area contributed by atoms with Crippen molar-refractivity contribution in [3.8, 4) is 6.07 Å². The molecule has 0 aromatic rings. The minimum Gasteiger partial charge on any atom is -0.371 e. The monoisotopic (exact) mass is 179 g/mol. The summed E-state index contributed by atoms with van der Waals surface area (Å²) < 4.78 is 5.14. The minimum absolute atomic E-state index is 0.445. The second-order valence-corrected chi connectivity index (χ2v) is 3.39. The molecular weight excluding hydrogens is 166 g/mol. The zero-order chi connectivity index (χ0) is 9.10. The number of hydrogen-bond donors (Lipinski definition) is 0. The first kappa shape index (κ1) is 8.39. The molecule has 0 amide bonds. The van der Waals surface area contributed by atoms with E-state index in [1.165, 1.54) is 0 Å². The van der Waals surface area contributed by atoms with Crippen molar-refractivity contribution >= 4 is 0 Å². The molecule has 0 aromatic carbocycles. The summed E-state index contributed by atoms with van der Waals surface area (Å²) in [4.78, 5) is 4.36. The lowest BCUT2D eigenvalue weighted by molar-refractivity contribution is 0.247. The maximum Gasteiger partial charge on any atom is 0.0984 e. The Hall–Kier alpha value is -1.21. The van der Waals surface area contributed by atoms with E-state index in [1.807, 2.05) is 6.20 Å². The van der Waals surface area contributed by atoms with E-state index in [9.17, 15) is 0 Å². The van der Waals surface area contributed by atoms with Crippen LogP contribution in [0.5, 0.6) is 0 Å². The number of hydrogen-bond acceptors (Lipinski definition) is 4. The van der Waals surface area contributed by atoms with Gasteiger partial charge < -0.3 is 14.5 Å². The molecule has 4 heteroatoms. The molecule has 1 saturated heterocycles. The van der Waals surface area contributed by atoms with Crippen LogP contribution in [0.2, 0.25) is 0 Å². The fourth-order valence-corrected chi connectivity index (χ4v) is 1.41. The molecule has 1 unspecified atom stereocenters. The molecule has 1 fully saturated rings. The number of epoxide rings is 1. The molecule has 0 N–H and O–H groups in total. The third-order valence-corrected chi connectivity index (χ3v) is 2.20. The maximum atomic E-state index is 8.41. The molecule has 70 valence electrons. The van der Waals surface area contributed by atoms with Gasteiger partial charge >= 0.3 is 0 Å². The average Bonchev–Trinajstić information content (AvgIpc) is 2.81. The highest BCUT2D eigenvalue weighted by atomic mass is 16.6. The van der Waals surface area contributed by atoms with Crippen LogP contribution in [-0.2, 0) is 4.74 Å². The van der Waals surface area contributed by atoms with Crippen molar-refractivity contribution in [3.05, 3.63) is 12.4 Å². The Morgan fingerprint density at radius 1 is 1.46 bits per heavy atom. The number of nitrogens with zero attached hydrogens (tertiary/aromatic N) is 3. The summed E-state index contributed by atoms with van der Waals surface area (Å²) in [5, 5.41) is 8.41. The highest BCUT2D eigenvalue weighted by Gasteiger charge is 2.26. The van der Waals surface area contributed by atoms with Gasteiger partial charge in [0.05, 0.1) is 31.9 Å². The Labute approximate surface area is 78.0 Å². The number of ether oxygens (including phenoxy) is 1. The quantitative estimate of drug-likeness (QED) is 0.584. The molecule has 0 aliphatic carbocycles. The van der Waals surface area contributed by atoms with E-state index >= 15 is 0 Å². The molecule has 0 spiro atoms. The van der Waals surface area contributed by atoms with Crippen LogP contribution in [0, 0.1) is 11.3 Å². The second kappa shape index (κ2) is 3.67. The van der Waals surface area contributed by atoms with Crippen LogP contribution in [0.3, 0.4) is 0 Å². The first-order valence-electron chi connectivity index (χ1n) is 4.53. The highest BCUT2D eigenvalue weighted by Crippen LogP contribution is 2.14. The predicted octanol–water partition coefficient (Wildman–Crippen LogP) is 0.345. The predicted molar refractivity (Wildman–Crippen MR) is 47.4 cm³/mol. The standard InChI is InChI=1S/C9H13N3O/c10-2-1-3-11-4-5-12(8-11)6-9-7-13-9/h4-5,9H,1,3,6-8H2. The van der Waals surface area contributed by atoms with Crippen LogP contribution in [0.1, 0.15) is 6.42 Å². The highest BCUT2D eigenvalue weighted by molar-refractivity contribution is 4.93. The fraction of sp³-hybridized carbons (Fsp3) is 0.667. The van der Waals surface area contributed by atoms with E-state index in [2.05, 4.69) is 22.1 Å². The molecule has 2 rings (SSSR count). The molecule has 0 radical (unpaired) electrons. The van der Waals surface area contributed by atoms with Crippen molar-refractivity contribution in [1.82, 2.24) is 9.80 Å². The van der Waals surface area contributed by atoms with Crippen molar-refractivity contribution in [3.63, 3.8) is 0 Å². The van der Waals surface area contributed by atoms with Crippen molar-refractivity contribution in [2.45, 2.75) is 12.5 Å². The molecule has 0 bridgehead atoms. The molecule has 13 heavy (non-hydrogen) atoms. The summed E-state index contributed by atoms with van der Waals surface area (Å²) >= 11 is 0. The van der Waals surface area contributed by atoms with Gasteiger partial charge in [-0.1, -0.05) is 0 Å². The molecule has 0 aromatic heterocycles. The number of rotatable bonds is 4. The molecule has 2 heterocycles. The fourth-order valence-electron chi connectivity index (χ4n) is 1.41. The maximum absolute atomic E-state index is 8.41. The lowest BCUT2D eigenvalue weighted by atomic mass is 10.4. The van der Waals surface area contributed by atoms with Crippen molar-refractivity contribution in [2.24, 2.45) is 0 Å². The van der Waals surface area contributed by atoms with Gasteiger partial charge in [-0.05, 0) is 0 Å². The molecule has 1 atom stereocenters. The first-order chi connectivity index (χ1) is 6.38. The average molecular weight is 179 g/mol. The summed E-state index contributed by atoms with van der Waals surface area (Å²) in [6.45, 7) is 3.62. The zero-order valence-corrected chi connectivity index (χ0v) is 7.52. The Bertz CT molecular complexity index is 242. The summed E-state index contributed by atoms with van der Waals surface area (Å²) in [5.74, 6) is 0. The van der Waals surface area contributed by atoms with Gasteiger partial charge in [0.15, 0.2) is 0 Å². The summed E-state index contributed by atoms with van der Waals surface area (Å²) in [7, 11) is 0. The summed E-state index contributed by atoms with van der Waals surface area (Å²) in [5.41, 5.74) is 0. The van der Waals surface area contributed by atoms with E-state index in [0.717, 1.165) is 26.4 Å². The molecular formula is C9H13N3O. The zero-order valence-electron chi connectivity index (χ0n) is 7.52. The molecule has 0 saturated carbocycles. The van der Waals surface area contributed by atoms with Gasteiger partial charge in [-0.15, -0.1) is 0 Å². The lowest BCUT2D eigenvalue weighted by Crippen LogP contribution is -2.28. The third kappa shape index (κ3) is 2.36. The van der Waals surface area contributed by atoms with Gasteiger partial charge in [0, 0.05) is 25.5 Å². The lowest BCUT2D eigenvalue weighted by Gasteiger charge is -2.19. The van der Waals surface area contributed by atoms with Crippen LogP contribution in [0.15, 0.2) is 12.4 Å². The normalized spacial score (nSPS) is 25.0. The van der Waals surface area contributed by atoms with Gasteiger partial charge in [0.1, 0.15) is 0 Å². The van der Waals surface area contributed by atoms with E-state index in [0.29, 0.717) is 12.5 Å². The van der Waals surface area contributed by atoms with Crippen molar-refractivity contribution in [1.29, 1.82) is 5.26 Å². The van der Waals surface area contributed by atoms with E-state index in [1.54, 1.807) is 0 Å². The Balaban J connectivity index is 1.68. The van der Waals surface area contributed by atoms with Gasteiger partial charge in [-0.3, -0.25) is 0 Å². The third-order valence-electron chi connectivity index (χ3n) is 2.20. The van der Waals surface area contributed by atoms with Crippen molar-refractivity contribution < 1.29 is 4.74 Å². The summed E-state index contributed by atoms with van der Waals surface area (Å²) in [6.07, 6.45) is 5.15. The Morgan fingerprint density at radius 3 is 2.92 bits per heavy atom. The van der Waals surface area contributed by atoms with Gasteiger partial charge in [-0.2, -0.15) is 5.26 Å². The van der Waals surface area contributed by atoms with Gasteiger partial charge in [-0.25, -0.2) is 0 Å². The van der Waals surface area contributed by atoms with E-state index in [4.69, 9.17) is 10.00 Å². The van der Waals surface area contributed by atoms with Crippen LogP contribution in [-0.4, -0.2) is 42.3 Å². The van der Waals surface area contributed by atoms with Gasteiger partial charge in [0.2, 0.25) is 0 Å². The smallest absolute Gasteiger partial charge is 0.0984 e. The van der Waals surface area contributed by atoms with Gasteiger partial charge in [0.25, 0.3) is 0 Å². The summed E-state index contributed by atoms with van der Waals surface area (Å²) in [6, 6.07) is 2.14. The van der Waals surface area contributed by atoms with Crippen LogP contribution in [0.25, 0.3) is 0 Å². The first-order valence-corrected chi connectivity index (χ1v) is 4.53. The van der Waals surface area contributed by atoms with E-state index < -0.39 is 0 Å². The topological polar surface area (TPSA) is 42.8 Å². The Kier molecular flexibility index (Phi) is 2.37. The Morgan fingerprint density at radius 2 is 2.23 bits per heavy atom. The largest absolute Gasteiger partial charge is 0.371 e. The second-order valence-electron chi connectivity index (χ2n) is 3.39. The minimum atomic E-state index is 0.445. The number of nitriles is 1. The van der Waals surface area contributed by atoms with Crippen LogP contribution in [0.4, 0.5) is 0 Å². The van der Waals surface area contributed by atoms with Crippen LogP contribution >= 0.6 is 0 Å². The van der Waals surface area contributed by atoms with E-state index in [-0.39, 0.29) is 0 Å². The SMILES string of the molecule is N#CCCN1C=CN(CC2CO2)C1.